The van der Waals surface area contributed by atoms with Crippen molar-refractivity contribution in [3.63, 3.8) is 0 Å². The molecule has 9 nitrogen and oxygen atoms in total. The zero-order valence-electron chi connectivity index (χ0n) is 20.4. The van der Waals surface area contributed by atoms with Gasteiger partial charge in [-0.3, -0.25) is 14.6 Å². The van der Waals surface area contributed by atoms with E-state index in [1.54, 1.807) is 25.7 Å². The Morgan fingerprint density at radius 1 is 1.29 bits per heavy atom. The number of aliphatic imine (C=N–C) groups is 1. The lowest BCUT2D eigenvalue weighted by Crippen LogP contribution is -2.50. The van der Waals surface area contributed by atoms with Crippen LogP contribution in [0.2, 0.25) is 0 Å². The quantitative estimate of drug-likeness (QED) is 0.232. The zero-order chi connectivity index (χ0) is 24.9. The highest BCUT2D eigenvalue weighted by molar-refractivity contribution is 9.10. The minimum Gasteiger partial charge on any atom is -0.454 e. The first-order valence-corrected chi connectivity index (χ1v) is 13.6. The summed E-state index contributed by atoms with van der Waals surface area (Å²) in [6, 6.07) is 3.91. The molecular formula is C24H33BrN4O5S. The number of amides is 1. The molecule has 0 aliphatic carbocycles. The SMILES string of the molecule is CN=C(Sc1cc2c(cc1Br)OCO2)N(C)CCC1CCN(C(=O)C(C)OC(=O)C2CNC2)CC1. The van der Waals surface area contributed by atoms with Crippen LogP contribution in [0.4, 0.5) is 0 Å². The molecule has 1 aromatic carbocycles. The molecule has 0 radical (unpaired) electrons. The van der Waals surface area contributed by atoms with E-state index in [0.717, 1.165) is 51.8 Å². The summed E-state index contributed by atoms with van der Waals surface area (Å²) in [5, 5.41) is 3.97. The van der Waals surface area contributed by atoms with Crippen molar-refractivity contribution in [2.75, 3.05) is 53.6 Å². The van der Waals surface area contributed by atoms with Crippen LogP contribution in [0.1, 0.15) is 26.2 Å². The maximum absolute atomic E-state index is 12.7. The summed E-state index contributed by atoms with van der Waals surface area (Å²) < 4.78 is 17.3. The number of carbonyl (C=O) groups is 2. The third-order valence-corrected chi connectivity index (χ3v) is 8.85. The van der Waals surface area contributed by atoms with Gasteiger partial charge in [-0.05, 0) is 60.2 Å². The topological polar surface area (TPSA) is 92.7 Å². The number of rotatable bonds is 7. The molecule has 2 saturated heterocycles. The molecular weight excluding hydrogens is 536 g/mol. The van der Waals surface area contributed by atoms with E-state index in [4.69, 9.17) is 14.2 Å². The number of halogens is 1. The van der Waals surface area contributed by atoms with Crippen molar-refractivity contribution in [1.82, 2.24) is 15.1 Å². The van der Waals surface area contributed by atoms with E-state index in [0.29, 0.717) is 32.1 Å². The third-order valence-electron chi connectivity index (χ3n) is 6.70. The zero-order valence-corrected chi connectivity index (χ0v) is 22.8. The van der Waals surface area contributed by atoms with Gasteiger partial charge in [0.2, 0.25) is 6.79 Å². The molecule has 11 heteroatoms. The van der Waals surface area contributed by atoms with Gasteiger partial charge in [-0.25, -0.2) is 0 Å². The summed E-state index contributed by atoms with van der Waals surface area (Å²) in [4.78, 5) is 34.3. The summed E-state index contributed by atoms with van der Waals surface area (Å²) in [6.07, 6.45) is 2.21. The molecule has 0 spiro atoms. The Balaban J connectivity index is 1.20. The number of nitrogens with one attached hydrogen (secondary N) is 1. The molecule has 1 unspecified atom stereocenters. The van der Waals surface area contributed by atoms with E-state index in [1.165, 1.54) is 0 Å². The number of hydrogen-bond acceptors (Lipinski definition) is 8. The molecule has 4 rings (SSSR count). The first-order chi connectivity index (χ1) is 16.9. The van der Waals surface area contributed by atoms with Gasteiger partial charge in [0.1, 0.15) is 0 Å². The van der Waals surface area contributed by atoms with Crippen LogP contribution in [0.15, 0.2) is 26.5 Å². The van der Waals surface area contributed by atoms with E-state index in [1.807, 2.05) is 17.0 Å². The number of piperidine rings is 1. The number of nitrogens with zero attached hydrogens (tertiary/aromatic N) is 3. The van der Waals surface area contributed by atoms with Crippen molar-refractivity contribution >= 4 is 44.7 Å². The predicted octanol–water partition coefficient (Wildman–Crippen LogP) is 2.97. The summed E-state index contributed by atoms with van der Waals surface area (Å²) in [7, 11) is 3.86. The molecule has 1 aromatic rings. The maximum atomic E-state index is 12.7. The third kappa shape index (κ3) is 6.42. The number of benzene rings is 1. The van der Waals surface area contributed by atoms with Crippen LogP contribution in [0.5, 0.6) is 11.5 Å². The van der Waals surface area contributed by atoms with Crippen LogP contribution in [0, 0.1) is 11.8 Å². The molecule has 2 fully saturated rings. The van der Waals surface area contributed by atoms with Gasteiger partial charge in [-0.2, -0.15) is 0 Å². The largest absolute Gasteiger partial charge is 0.454 e. The summed E-state index contributed by atoms with van der Waals surface area (Å²) >= 11 is 5.21. The molecule has 1 N–H and O–H groups in total. The van der Waals surface area contributed by atoms with Gasteiger partial charge in [0.15, 0.2) is 22.8 Å². The van der Waals surface area contributed by atoms with Gasteiger partial charge in [-0.15, -0.1) is 0 Å². The van der Waals surface area contributed by atoms with Gasteiger partial charge in [0.05, 0.1) is 5.92 Å². The van der Waals surface area contributed by atoms with Crippen LogP contribution in [0.3, 0.4) is 0 Å². The van der Waals surface area contributed by atoms with E-state index < -0.39 is 6.10 Å². The van der Waals surface area contributed by atoms with Crippen LogP contribution >= 0.6 is 27.7 Å². The first-order valence-electron chi connectivity index (χ1n) is 12.0. The molecule has 3 aliphatic rings. The number of esters is 1. The summed E-state index contributed by atoms with van der Waals surface area (Å²) in [5.74, 6) is 1.56. The fraction of sp³-hybridized carbons (Fsp3) is 0.625. The Hall–Kier alpha value is -1.98. The second-order valence-electron chi connectivity index (χ2n) is 9.16. The maximum Gasteiger partial charge on any atom is 0.312 e. The fourth-order valence-electron chi connectivity index (χ4n) is 4.32. The molecule has 35 heavy (non-hydrogen) atoms. The minimum absolute atomic E-state index is 0.0905. The van der Waals surface area contributed by atoms with Crippen LogP contribution in [0.25, 0.3) is 0 Å². The monoisotopic (exact) mass is 568 g/mol. The van der Waals surface area contributed by atoms with E-state index in [-0.39, 0.29) is 24.6 Å². The van der Waals surface area contributed by atoms with Crippen molar-refractivity contribution < 1.29 is 23.8 Å². The number of likely N-dealkylation sites (tertiary alicyclic amines) is 1. The molecule has 0 saturated carbocycles. The number of fused-ring (bicyclic) bond motifs is 1. The van der Waals surface area contributed by atoms with Crippen molar-refractivity contribution in [1.29, 1.82) is 0 Å². The molecule has 0 aromatic heterocycles. The Labute approximate surface area is 219 Å². The highest BCUT2D eigenvalue weighted by atomic mass is 79.9. The van der Waals surface area contributed by atoms with E-state index in [2.05, 4.69) is 38.2 Å². The Bertz CT molecular complexity index is 965. The fourth-order valence-corrected chi connectivity index (χ4v) is 5.74. The van der Waals surface area contributed by atoms with Crippen molar-refractivity contribution in [2.24, 2.45) is 16.8 Å². The Morgan fingerprint density at radius 2 is 1.97 bits per heavy atom. The summed E-state index contributed by atoms with van der Waals surface area (Å²) in [5.41, 5.74) is 0. The van der Waals surface area contributed by atoms with Gasteiger partial charge in [0, 0.05) is 56.2 Å². The lowest BCUT2D eigenvalue weighted by atomic mass is 9.93. The normalized spacial score (nSPS) is 19.3. The smallest absolute Gasteiger partial charge is 0.312 e. The second-order valence-corrected chi connectivity index (χ2v) is 11.0. The van der Waals surface area contributed by atoms with Crippen LogP contribution in [-0.4, -0.2) is 86.6 Å². The number of ether oxygens (including phenoxy) is 3. The Morgan fingerprint density at radius 3 is 2.60 bits per heavy atom. The molecule has 0 bridgehead atoms. The highest BCUT2D eigenvalue weighted by Crippen LogP contribution is 2.41. The average Bonchev–Trinajstić information content (AvgIpc) is 3.26. The minimum atomic E-state index is -0.721. The van der Waals surface area contributed by atoms with E-state index >= 15 is 0 Å². The number of hydrogen-bond donors (Lipinski definition) is 1. The van der Waals surface area contributed by atoms with Crippen molar-refractivity contribution in [3.8, 4) is 11.5 Å². The molecule has 1 atom stereocenters. The molecule has 1 amide bonds. The summed E-state index contributed by atoms with van der Waals surface area (Å²) in [6.45, 7) is 5.48. The first kappa shape index (κ1) is 26.1. The lowest BCUT2D eigenvalue weighted by molar-refractivity contribution is -0.164. The molecule has 192 valence electrons. The van der Waals surface area contributed by atoms with Crippen molar-refractivity contribution in [2.45, 2.75) is 37.2 Å². The number of amidine groups is 1. The van der Waals surface area contributed by atoms with Crippen LogP contribution in [-0.2, 0) is 14.3 Å². The number of thioether (sulfide) groups is 1. The van der Waals surface area contributed by atoms with Gasteiger partial charge >= 0.3 is 5.97 Å². The highest BCUT2D eigenvalue weighted by Gasteiger charge is 2.32. The molecule has 3 aliphatic heterocycles. The second kappa shape index (κ2) is 11.8. The van der Waals surface area contributed by atoms with Crippen LogP contribution < -0.4 is 14.8 Å². The lowest BCUT2D eigenvalue weighted by Gasteiger charge is -2.34. The van der Waals surface area contributed by atoms with Gasteiger partial charge in [-0.1, -0.05) is 11.8 Å². The average molecular weight is 570 g/mol. The van der Waals surface area contributed by atoms with Gasteiger partial charge < -0.3 is 29.3 Å². The molecule has 3 heterocycles. The van der Waals surface area contributed by atoms with Crippen molar-refractivity contribution in [3.05, 3.63) is 16.6 Å². The number of carbonyl (C=O) groups excluding carboxylic acids is 2. The Kier molecular flexibility index (Phi) is 8.82. The predicted molar refractivity (Wildman–Crippen MR) is 138 cm³/mol. The standard InChI is InChI=1S/C24H33BrN4O5S/c1-15(34-23(31)17-12-27-13-17)22(30)29-8-5-16(6-9-29)4-7-28(3)24(26-2)35-21-11-20-19(10-18(21)25)32-14-33-20/h10-11,15-17,27H,4-9,12-14H2,1-3H3. The van der Waals surface area contributed by atoms with E-state index in [9.17, 15) is 9.59 Å². The van der Waals surface area contributed by atoms with Gasteiger partial charge in [0.25, 0.3) is 5.91 Å².